The molecule has 0 atom stereocenters. The highest BCUT2D eigenvalue weighted by atomic mass is 15.6. The first-order valence-electron chi connectivity index (χ1n) is 9.86. The summed E-state index contributed by atoms with van der Waals surface area (Å²) in [5.41, 5.74) is 5.63. The lowest BCUT2D eigenvalue weighted by atomic mass is 10.0. The molecule has 0 fully saturated rings. The summed E-state index contributed by atoms with van der Waals surface area (Å²) in [4.78, 5) is 0. The lowest BCUT2D eigenvalue weighted by Crippen LogP contribution is -2.05. The van der Waals surface area contributed by atoms with Gasteiger partial charge in [-0.3, -0.25) is 0 Å². The molecule has 0 aromatic carbocycles. The van der Waals surface area contributed by atoms with E-state index in [9.17, 15) is 0 Å². The Labute approximate surface area is 142 Å². The zero-order valence-corrected chi connectivity index (χ0v) is 15.2. The number of hydrogen-bond acceptors (Lipinski definition) is 4. The van der Waals surface area contributed by atoms with Crippen LogP contribution < -0.4 is 5.73 Å². The Morgan fingerprint density at radius 3 is 1.52 bits per heavy atom. The second-order valence-corrected chi connectivity index (χ2v) is 6.71. The Kier molecular flexibility index (Phi) is 12.5. The molecule has 0 aliphatic rings. The van der Waals surface area contributed by atoms with Gasteiger partial charge in [-0.2, -0.15) is 0 Å². The van der Waals surface area contributed by atoms with Crippen molar-refractivity contribution in [3.05, 3.63) is 0 Å². The number of hydrogen-bond donors (Lipinski definition) is 1. The maximum absolute atomic E-state index is 5.63. The first kappa shape index (κ1) is 19.9. The van der Waals surface area contributed by atoms with E-state index in [-0.39, 0.29) is 0 Å². The molecule has 0 aliphatic heterocycles. The van der Waals surface area contributed by atoms with E-state index in [0.717, 1.165) is 13.0 Å². The fraction of sp³-hybridized carbons (Fsp3) is 0.944. The minimum atomic E-state index is 0.426. The highest BCUT2D eigenvalue weighted by Gasteiger charge is 1.99. The van der Waals surface area contributed by atoms with Crippen LogP contribution in [0.25, 0.3) is 0 Å². The summed E-state index contributed by atoms with van der Waals surface area (Å²) in [5.74, 6) is 0.426. The highest BCUT2D eigenvalue weighted by Crippen LogP contribution is 2.13. The van der Waals surface area contributed by atoms with Crippen LogP contribution in [0.1, 0.15) is 103 Å². The predicted molar refractivity (Wildman–Crippen MR) is 97.2 cm³/mol. The Hall–Kier alpha value is -1.13. The Morgan fingerprint density at radius 1 is 0.696 bits per heavy atom. The minimum absolute atomic E-state index is 0.426. The van der Waals surface area contributed by atoms with Gasteiger partial charge in [0.05, 0.1) is 0 Å². The molecule has 0 bridgehead atoms. The summed E-state index contributed by atoms with van der Waals surface area (Å²) in [5, 5.41) is 11.1. The van der Waals surface area contributed by atoms with Crippen molar-refractivity contribution < 1.29 is 0 Å². The fourth-order valence-corrected chi connectivity index (χ4v) is 3.00. The largest absolute Gasteiger partial charge is 0.367 e. The molecule has 0 spiro atoms. The molecule has 134 valence electrons. The molecule has 23 heavy (non-hydrogen) atoms. The van der Waals surface area contributed by atoms with E-state index < -0.39 is 0 Å². The molecule has 5 nitrogen and oxygen atoms in total. The molecule has 1 rings (SSSR count). The van der Waals surface area contributed by atoms with Crippen LogP contribution in [0.15, 0.2) is 0 Å². The third-order valence-electron chi connectivity index (χ3n) is 4.53. The molecule has 0 saturated heterocycles. The van der Waals surface area contributed by atoms with Gasteiger partial charge in [0.25, 0.3) is 0 Å². The second kappa shape index (κ2) is 14.5. The maximum atomic E-state index is 5.63. The van der Waals surface area contributed by atoms with Crippen LogP contribution in [-0.2, 0) is 6.54 Å². The van der Waals surface area contributed by atoms with Gasteiger partial charge in [-0.15, -0.1) is 0 Å². The van der Waals surface area contributed by atoms with Crippen molar-refractivity contribution >= 4 is 5.95 Å². The number of nitrogen functional groups attached to an aromatic ring is 1. The van der Waals surface area contributed by atoms with Crippen molar-refractivity contribution in [3.8, 4) is 0 Å². The molecule has 5 heteroatoms. The molecular formula is C18H37N5. The number of rotatable bonds is 16. The van der Waals surface area contributed by atoms with Gasteiger partial charge in [-0.05, 0) is 16.8 Å². The summed E-state index contributed by atoms with van der Waals surface area (Å²) >= 11 is 0. The summed E-state index contributed by atoms with van der Waals surface area (Å²) in [6.45, 7) is 3.13. The van der Waals surface area contributed by atoms with Crippen LogP contribution in [0.3, 0.4) is 0 Å². The molecule has 0 saturated carbocycles. The molecule has 0 radical (unpaired) electrons. The number of aryl methyl sites for hydroxylation is 1. The van der Waals surface area contributed by atoms with Crippen molar-refractivity contribution in [2.45, 2.75) is 110 Å². The summed E-state index contributed by atoms with van der Waals surface area (Å²) < 4.78 is 1.68. The van der Waals surface area contributed by atoms with Crippen molar-refractivity contribution in [1.29, 1.82) is 0 Å². The van der Waals surface area contributed by atoms with E-state index in [1.165, 1.54) is 89.9 Å². The normalized spacial score (nSPS) is 11.2. The van der Waals surface area contributed by atoms with E-state index in [4.69, 9.17) is 5.73 Å². The molecule has 1 aromatic heterocycles. The first-order valence-corrected chi connectivity index (χ1v) is 9.86. The van der Waals surface area contributed by atoms with Crippen LogP contribution in [0, 0.1) is 0 Å². The van der Waals surface area contributed by atoms with Crippen LogP contribution in [0.2, 0.25) is 0 Å². The average molecular weight is 324 g/mol. The van der Waals surface area contributed by atoms with Crippen molar-refractivity contribution in [2.24, 2.45) is 0 Å². The Bertz CT molecular complexity index is 364. The van der Waals surface area contributed by atoms with Crippen LogP contribution in [0.5, 0.6) is 0 Å². The van der Waals surface area contributed by atoms with Crippen molar-refractivity contribution in [2.75, 3.05) is 5.73 Å². The van der Waals surface area contributed by atoms with Crippen LogP contribution >= 0.6 is 0 Å². The Balaban J connectivity index is 1.72. The lowest BCUT2D eigenvalue weighted by molar-refractivity contribution is 0.506. The van der Waals surface area contributed by atoms with Gasteiger partial charge in [0.1, 0.15) is 0 Å². The van der Waals surface area contributed by atoms with Crippen LogP contribution in [0.4, 0.5) is 5.95 Å². The molecule has 0 unspecified atom stereocenters. The molecule has 1 aromatic rings. The monoisotopic (exact) mass is 323 g/mol. The van der Waals surface area contributed by atoms with Crippen LogP contribution in [-0.4, -0.2) is 20.2 Å². The van der Waals surface area contributed by atoms with Crippen molar-refractivity contribution in [1.82, 2.24) is 20.2 Å². The summed E-state index contributed by atoms with van der Waals surface area (Å²) in [6, 6.07) is 0. The molecule has 1 heterocycles. The third kappa shape index (κ3) is 11.1. The smallest absolute Gasteiger partial charge is 0.240 e. The van der Waals surface area contributed by atoms with Gasteiger partial charge in [-0.25, -0.2) is 4.68 Å². The number of aromatic nitrogens is 4. The lowest BCUT2D eigenvalue weighted by Gasteiger charge is -2.04. The Morgan fingerprint density at radius 2 is 1.13 bits per heavy atom. The van der Waals surface area contributed by atoms with E-state index in [2.05, 4.69) is 22.4 Å². The quantitative estimate of drug-likeness (QED) is 0.428. The average Bonchev–Trinajstić information content (AvgIpc) is 2.96. The molecule has 0 aliphatic carbocycles. The third-order valence-corrected chi connectivity index (χ3v) is 4.53. The number of unbranched alkanes of at least 4 members (excludes halogenated alkanes) is 14. The number of tetrazole rings is 1. The molecular weight excluding hydrogens is 286 g/mol. The number of anilines is 1. The minimum Gasteiger partial charge on any atom is -0.367 e. The number of nitrogens with two attached hydrogens (primary N) is 1. The standard InChI is InChI=1S/C18H37N5/c1-2-3-4-5-6-7-8-9-10-11-12-13-14-15-16-17-23-18(19)20-21-22-23/h2-17H2,1H3,(H2,19,20,22). The van der Waals surface area contributed by atoms with Crippen molar-refractivity contribution in [3.63, 3.8) is 0 Å². The van der Waals surface area contributed by atoms with Gasteiger partial charge in [0.2, 0.25) is 5.95 Å². The predicted octanol–water partition coefficient (Wildman–Crippen LogP) is 5.13. The second-order valence-electron chi connectivity index (χ2n) is 6.71. The highest BCUT2D eigenvalue weighted by molar-refractivity contribution is 5.09. The molecule has 0 amide bonds. The zero-order valence-electron chi connectivity index (χ0n) is 15.2. The number of nitrogens with zero attached hydrogens (tertiary/aromatic N) is 4. The fourth-order valence-electron chi connectivity index (χ4n) is 3.00. The summed E-state index contributed by atoms with van der Waals surface area (Å²) in [6.07, 6.45) is 20.7. The SMILES string of the molecule is CCCCCCCCCCCCCCCCCn1nnnc1N. The zero-order chi connectivity index (χ0) is 16.6. The first-order chi connectivity index (χ1) is 11.3. The van der Waals surface area contributed by atoms with Gasteiger partial charge >= 0.3 is 0 Å². The van der Waals surface area contributed by atoms with Gasteiger partial charge in [0.15, 0.2) is 0 Å². The summed E-state index contributed by atoms with van der Waals surface area (Å²) in [7, 11) is 0. The van der Waals surface area contributed by atoms with E-state index in [1.54, 1.807) is 4.68 Å². The van der Waals surface area contributed by atoms with E-state index >= 15 is 0 Å². The maximum Gasteiger partial charge on any atom is 0.240 e. The van der Waals surface area contributed by atoms with Gasteiger partial charge in [-0.1, -0.05) is 102 Å². The topological polar surface area (TPSA) is 69.6 Å². The molecule has 2 N–H and O–H groups in total. The van der Waals surface area contributed by atoms with Gasteiger partial charge in [0, 0.05) is 6.54 Å². The van der Waals surface area contributed by atoms with Gasteiger partial charge < -0.3 is 5.73 Å². The van der Waals surface area contributed by atoms with E-state index in [0.29, 0.717) is 5.95 Å². The van der Waals surface area contributed by atoms with E-state index in [1.807, 2.05) is 0 Å².